The molecule has 4 rings (SSSR count). The van der Waals surface area contributed by atoms with Crippen LogP contribution in [-0.4, -0.2) is 25.3 Å². The lowest BCUT2D eigenvalue weighted by Crippen LogP contribution is -2.30. The summed E-state index contributed by atoms with van der Waals surface area (Å²) in [5.74, 6) is 0.0116. The second kappa shape index (κ2) is 9.08. The Morgan fingerprint density at radius 2 is 1.62 bits per heavy atom. The van der Waals surface area contributed by atoms with Gasteiger partial charge in [-0.1, -0.05) is 60.7 Å². The van der Waals surface area contributed by atoms with Gasteiger partial charge in [0.2, 0.25) is 10.0 Å². The van der Waals surface area contributed by atoms with Crippen molar-refractivity contribution in [3.05, 3.63) is 102 Å². The summed E-state index contributed by atoms with van der Waals surface area (Å²) >= 11 is 0. The maximum Gasteiger partial charge on any atom is 0.238 e. The van der Waals surface area contributed by atoms with Gasteiger partial charge in [0.1, 0.15) is 0 Å². The van der Waals surface area contributed by atoms with Gasteiger partial charge in [-0.15, -0.1) is 0 Å². The monoisotopic (exact) mass is 447 g/mol. The standard InChI is InChI=1S/C25H25N3O3S/c1-28-17-22(21-9-5-6-10-23(21)28)25(29)24(19-7-3-2-4-8-19)27-16-15-18-11-13-20(14-12-18)32(26,30)31/h2-14,17,24,27H,15-16H2,1H3,(H2,26,30,31)/t24-/m0/s1. The number of rotatable bonds is 8. The molecule has 0 aliphatic carbocycles. The third kappa shape index (κ3) is 4.65. The van der Waals surface area contributed by atoms with E-state index in [9.17, 15) is 13.2 Å². The summed E-state index contributed by atoms with van der Waals surface area (Å²) in [5, 5.41) is 9.49. The Bertz CT molecular complexity index is 1340. The fourth-order valence-corrected chi connectivity index (χ4v) is 4.42. The number of carbonyl (C=O) groups is 1. The summed E-state index contributed by atoms with van der Waals surface area (Å²) in [7, 11) is -1.77. The van der Waals surface area contributed by atoms with Crippen LogP contribution in [0.4, 0.5) is 0 Å². The number of fused-ring (bicyclic) bond motifs is 1. The van der Waals surface area contributed by atoms with Crippen LogP contribution in [0.3, 0.4) is 0 Å². The number of hydrogen-bond acceptors (Lipinski definition) is 4. The second-order valence-corrected chi connectivity index (χ2v) is 9.33. The number of aryl methyl sites for hydroxylation is 1. The quantitative estimate of drug-likeness (QED) is 0.404. The van der Waals surface area contributed by atoms with E-state index < -0.39 is 16.1 Å². The van der Waals surface area contributed by atoms with Crippen molar-refractivity contribution in [3.8, 4) is 0 Å². The molecular weight excluding hydrogens is 422 g/mol. The third-order valence-corrected chi connectivity index (χ3v) is 6.50. The Balaban J connectivity index is 1.56. The number of aromatic nitrogens is 1. The Hall–Kier alpha value is -3.26. The van der Waals surface area contributed by atoms with E-state index in [0.717, 1.165) is 22.0 Å². The predicted molar refractivity (Wildman–Crippen MR) is 126 cm³/mol. The highest BCUT2D eigenvalue weighted by Gasteiger charge is 2.24. The summed E-state index contributed by atoms with van der Waals surface area (Å²) in [6.07, 6.45) is 2.52. The number of para-hydroxylation sites is 1. The zero-order chi connectivity index (χ0) is 22.7. The number of primary sulfonamides is 1. The first-order valence-corrected chi connectivity index (χ1v) is 11.9. The van der Waals surface area contributed by atoms with Crippen LogP contribution >= 0.6 is 0 Å². The molecular formula is C25H25N3O3S. The van der Waals surface area contributed by atoms with Gasteiger partial charge >= 0.3 is 0 Å². The second-order valence-electron chi connectivity index (χ2n) is 7.77. The summed E-state index contributed by atoms with van der Waals surface area (Å²) in [6.45, 7) is 0.546. The number of carbonyl (C=O) groups excluding carboxylic acids is 1. The van der Waals surface area contributed by atoms with Crippen molar-refractivity contribution in [1.82, 2.24) is 9.88 Å². The van der Waals surface area contributed by atoms with Gasteiger partial charge < -0.3 is 9.88 Å². The molecule has 0 aliphatic rings. The molecule has 0 bridgehead atoms. The van der Waals surface area contributed by atoms with E-state index >= 15 is 0 Å². The molecule has 0 fully saturated rings. The first kappa shape index (κ1) is 22.0. The summed E-state index contributed by atoms with van der Waals surface area (Å²) in [4.78, 5) is 13.7. The SMILES string of the molecule is Cn1cc(C(=O)[C@@H](NCCc2ccc(S(N)(=O)=O)cc2)c2ccccc2)c2ccccc21. The molecule has 0 aliphatic heterocycles. The van der Waals surface area contributed by atoms with Gasteiger partial charge in [-0.2, -0.15) is 0 Å². The summed E-state index contributed by atoms with van der Waals surface area (Å²) in [5.41, 5.74) is 3.55. The van der Waals surface area contributed by atoms with Crippen molar-refractivity contribution in [2.45, 2.75) is 17.4 Å². The van der Waals surface area contributed by atoms with Gasteiger partial charge in [0.05, 0.1) is 10.9 Å². The van der Waals surface area contributed by atoms with E-state index in [1.807, 2.05) is 72.4 Å². The maximum atomic E-state index is 13.6. The lowest BCUT2D eigenvalue weighted by atomic mass is 9.96. The largest absolute Gasteiger partial charge is 0.350 e. The van der Waals surface area contributed by atoms with E-state index in [1.165, 1.54) is 12.1 Å². The summed E-state index contributed by atoms with van der Waals surface area (Å²) in [6, 6.07) is 23.5. The van der Waals surface area contributed by atoms with Gasteiger partial charge in [-0.25, -0.2) is 13.6 Å². The van der Waals surface area contributed by atoms with Crippen LogP contribution in [0.5, 0.6) is 0 Å². The highest BCUT2D eigenvalue weighted by molar-refractivity contribution is 7.89. The molecule has 1 aromatic heterocycles. The highest BCUT2D eigenvalue weighted by Crippen LogP contribution is 2.26. The highest BCUT2D eigenvalue weighted by atomic mass is 32.2. The van der Waals surface area contributed by atoms with Gasteiger partial charge in [0.25, 0.3) is 0 Å². The molecule has 6 nitrogen and oxygen atoms in total. The van der Waals surface area contributed by atoms with Gasteiger partial charge in [0.15, 0.2) is 5.78 Å². The Morgan fingerprint density at radius 3 is 2.31 bits per heavy atom. The van der Waals surface area contributed by atoms with Gasteiger partial charge in [-0.05, 0) is 35.7 Å². The Labute approximate surface area is 187 Å². The minimum Gasteiger partial charge on any atom is -0.350 e. The van der Waals surface area contributed by atoms with Crippen LogP contribution in [-0.2, 0) is 23.5 Å². The van der Waals surface area contributed by atoms with E-state index in [1.54, 1.807) is 12.1 Å². The molecule has 0 saturated heterocycles. The van der Waals surface area contributed by atoms with Crippen LogP contribution in [0.2, 0.25) is 0 Å². The molecule has 0 unspecified atom stereocenters. The zero-order valence-electron chi connectivity index (χ0n) is 17.7. The van der Waals surface area contributed by atoms with Crippen molar-refractivity contribution in [3.63, 3.8) is 0 Å². The van der Waals surface area contributed by atoms with Crippen molar-refractivity contribution in [2.24, 2.45) is 12.2 Å². The van der Waals surface area contributed by atoms with E-state index in [2.05, 4.69) is 5.32 Å². The number of sulfonamides is 1. The van der Waals surface area contributed by atoms with E-state index in [4.69, 9.17) is 5.14 Å². The number of ketones is 1. The van der Waals surface area contributed by atoms with Crippen LogP contribution in [0.25, 0.3) is 10.9 Å². The average Bonchev–Trinajstić information content (AvgIpc) is 3.13. The minimum absolute atomic E-state index is 0.0116. The third-order valence-electron chi connectivity index (χ3n) is 5.57. The molecule has 0 saturated carbocycles. The fraction of sp³-hybridized carbons (Fsp3) is 0.160. The molecule has 0 spiro atoms. The minimum atomic E-state index is -3.71. The molecule has 1 heterocycles. The molecule has 7 heteroatoms. The van der Waals surface area contributed by atoms with Crippen molar-refractivity contribution >= 4 is 26.7 Å². The predicted octanol–water partition coefficient (Wildman–Crippen LogP) is 3.58. The number of nitrogens with two attached hydrogens (primary N) is 1. The molecule has 0 amide bonds. The number of hydrogen-bond donors (Lipinski definition) is 2. The number of nitrogens with one attached hydrogen (secondary N) is 1. The van der Waals surface area contributed by atoms with Crippen molar-refractivity contribution in [1.29, 1.82) is 0 Å². The number of Topliss-reactive ketones (excluding diaryl/α,β-unsaturated/α-hetero) is 1. The van der Waals surface area contributed by atoms with Crippen LogP contribution < -0.4 is 10.5 Å². The van der Waals surface area contributed by atoms with E-state index in [0.29, 0.717) is 18.5 Å². The van der Waals surface area contributed by atoms with Gasteiger partial charge in [-0.3, -0.25) is 4.79 Å². The molecule has 164 valence electrons. The normalized spacial score (nSPS) is 12.7. The summed E-state index contributed by atoms with van der Waals surface area (Å²) < 4.78 is 24.8. The number of nitrogens with zero attached hydrogens (tertiary/aromatic N) is 1. The van der Waals surface area contributed by atoms with Crippen molar-refractivity contribution < 1.29 is 13.2 Å². The van der Waals surface area contributed by atoms with E-state index in [-0.39, 0.29) is 10.7 Å². The topological polar surface area (TPSA) is 94.2 Å². The smallest absolute Gasteiger partial charge is 0.238 e. The molecule has 32 heavy (non-hydrogen) atoms. The first-order valence-electron chi connectivity index (χ1n) is 10.3. The molecule has 4 aromatic rings. The molecule has 3 aromatic carbocycles. The zero-order valence-corrected chi connectivity index (χ0v) is 18.5. The first-order chi connectivity index (χ1) is 15.3. The fourth-order valence-electron chi connectivity index (χ4n) is 3.91. The number of benzene rings is 3. The van der Waals surface area contributed by atoms with Crippen LogP contribution in [0.1, 0.15) is 27.5 Å². The maximum absolute atomic E-state index is 13.6. The van der Waals surface area contributed by atoms with Crippen molar-refractivity contribution in [2.75, 3.05) is 6.54 Å². The molecule has 0 radical (unpaired) electrons. The Morgan fingerprint density at radius 1 is 0.969 bits per heavy atom. The Kier molecular flexibility index (Phi) is 6.23. The lowest BCUT2D eigenvalue weighted by Gasteiger charge is -2.18. The molecule has 3 N–H and O–H groups in total. The lowest BCUT2D eigenvalue weighted by molar-refractivity contribution is 0.0944. The average molecular weight is 448 g/mol. The van der Waals surface area contributed by atoms with Crippen LogP contribution in [0.15, 0.2) is 90.0 Å². The van der Waals surface area contributed by atoms with Gasteiger partial charge in [0, 0.05) is 36.3 Å². The molecule has 1 atom stereocenters. The van der Waals surface area contributed by atoms with Crippen LogP contribution in [0, 0.1) is 0 Å².